The number of alkyl halides is 3. The lowest BCUT2D eigenvalue weighted by molar-refractivity contribution is -0.137. The third kappa shape index (κ3) is 3.89. The summed E-state index contributed by atoms with van der Waals surface area (Å²) in [4.78, 5) is 12.2. The normalized spacial score (nSPS) is 20.1. The minimum Gasteiger partial charge on any atom is -0.335 e. The van der Waals surface area contributed by atoms with Crippen LogP contribution in [0, 0.1) is 16.7 Å². The predicted octanol–water partition coefficient (Wildman–Crippen LogP) is 4.29. The van der Waals surface area contributed by atoms with Gasteiger partial charge in [-0.2, -0.15) is 18.4 Å². The number of carbonyl (C=O) groups is 1. The first-order valence-corrected chi connectivity index (χ1v) is 8.42. The van der Waals surface area contributed by atoms with Gasteiger partial charge in [0.1, 0.15) is 0 Å². The molecule has 1 aromatic rings. The molecule has 4 nitrogen and oxygen atoms in total. The largest absolute Gasteiger partial charge is 0.416 e. The average molecular weight is 351 g/mol. The summed E-state index contributed by atoms with van der Waals surface area (Å²) in [6.45, 7) is 0. The summed E-state index contributed by atoms with van der Waals surface area (Å²) in [6.07, 6.45) is 1.06. The van der Waals surface area contributed by atoms with Crippen LogP contribution < -0.4 is 10.6 Å². The Morgan fingerprint density at radius 3 is 2.64 bits per heavy atom. The smallest absolute Gasteiger partial charge is 0.335 e. The molecule has 134 valence electrons. The van der Waals surface area contributed by atoms with Crippen molar-refractivity contribution in [1.29, 1.82) is 5.26 Å². The second-order valence-electron chi connectivity index (χ2n) is 7.11. The highest BCUT2D eigenvalue weighted by molar-refractivity contribution is 5.75. The lowest BCUT2D eigenvalue weighted by Gasteiger charge is -2.54. The van der Waals surface area contributed by atoms with Crippen molar-refractivity contribution in [2.75, 3.05) is 0 Å². The lowest BCUT2D eigenvalue weighted by Crippen LogP contribution is -2.55. The molecule has 0 saturated heterocycles. The predicted molar refractivity (Wildman–Crippen MR) is 85.4 cm³/mol. The van der Waals surface area contributed by atoms with Gasteiger partial charge in [-0.15, -0.1) is 0 Å². The van der Waals surface area contributed by atoms with Crippen molar-refractivity contribution >= 4 is 6.03 Å². The molecule has 3 rings (SSSR count). The van der Waals surface area contributed by atoms with Crippen molar-refractivity contribution in [2.45, 2.75) is 56.8 Å². The maximum atomic E-state index is 12.9. The minimum atomic E-state index is -4.46. The minimum absolute atomic E-state index is 0.0939. The fourth-order valence-corrected chi connectivity index (χ4v) is 3.83. The molecule has 1 aromatic carbocycles. The van der Waals surface area contributed by atoms with Gasteiger partial charge in [-0.25, -0.2) is 4.79 Å². The van der Waals surface area contributed by atoms with Crippen LogP contribution in [0.4, 0.5) is 18.0 Å². The van der Waals surface area contributed by atoms with E-state index in [4.69, 9.17) is 5.26 Å². The molecule has 1 spiro atoms. The first-order valence-electron chi connectivity index (χ1n) is 8.42. The summed E-state index contributed by atoms with van der Waals surface area (Å²) in [5, 5.41) is 14.4. The van der Waals surface area contributed by atoms with Gasteiger partial charge in [0.25, 0.3) is 0 Å². The molecule has 1 unspecified atom stereocenters. The Labute approximate surface area is 144 Å². The second kappa shape index (κ2) is 6.58. The molecule has 2 saturated carbocycles. The van der Waals surface area contributed by atoms with Crippen LogP contribution in [-0.4, -0.2) is 12.1 Å². The number of nitrogens with one attached hydrogen (secondary N) is 2. The number of carbonyl (C=O) groups excluding carboxylic acids is 1. The molecule has 2 aliphatic rings. The Balaban J connectivity index is 1.61. The fraction of sp³-hybridized carbons (Fsp3) is 0.556. The lowest BCUT2D eigenvalue weighted by atomic mass is 9.54. The first kappa shape index (κ1) is 17.6. The van der Waals surface area contributed by atoms with Crippen LogP contribution in [0.1, 0.15) is 55.7 Å². The zero-order valence-electron chi connectivity index (χ0n) is 13.7. The van der Waals surface area contributed by atoms with E-state index >= 15 is 0 Å². The summed E-state index contributed by atoms with van der Waals surface area (Å²) in [5.41, 5.74) is -0.0953. The molecule has 2 fully saturated rings. The Hall–Kier alpha value is -2.23. The summed E-state index contributed by atoms with van der Waals surface area (Å²) >= 11 is 0. The van der Waals surface area contributed by atoms with E-state index in [-0.39, 0.29) is 18.0 Å². The molecule has 7 heteroatoms. The molecule has 0 radical (unpaired) electrons. The number of rotatable bonds is 4. The zero-order valence-corrected chi connectivity index (χ0v) is 13.7. The number of benzene rings is 1. The summed E-state index contributed by atoms with van der Waals surface area (Å²) < 4.78 is 38.6. The van der Waals surface area contributed by atoms with E-state index in [2.05, 4.69) is 10.6 Å². The highest BCUT2D eigenvalue weighted by atomic mass is 19.4. The average Bonchev–Trinajstić information content (AvgIpc) is 2.47. The number of nitrogens with zero attached hydrogens (tertiary/aromatic N) is 1. The number of amides is 2. The Morgan fingerprint density at radius 1 is 1.36 bits per heavy atom. The standard InChI is InChI=1S/C18H20F3N3O/c19-18(20,21)13-4-1-3-12(9-13)15(5-8-22)24-16(25)23-14-10-17(11-14)6-2-7-17/h1,3-4,9,14-15H,2,5-7,10-11H2,(H2,23,24,25). The number of urea groups is 1. The van der Waals surface area contributed by atoms with Crippen molar-refractivity contribution in [3.05, 3.63) is 35.4 Å². The SMILES string of the molecule is N#CCC(NC(=O)NC1CC2(CCC2)C1)c1cccc(C(F)(F)F)c1. The molecule has 1 atom stereocenters. The first-order chi connectivity index (χ1) is 11.8. The third-order valence-electron chi connectivity index (χ3n) is 5.33. The van der Waals surface area contributed by atoms with E-state index in [1.54, 1.807) is 0 Å². The van der Waals surface area contributed by atoms with Crippen molar-refractivity contribution in [1.82, 2.24) is 10.6 Å². The summed E-state index contributed by atoms with van der Waals surface area (Å²) in [6, 6.07) is 5.56. The Kier molecular flexibility index (Phi) is 4.63. The second-order valence-corrected chi connectivity index (χ2v) is 7.11. The number of nitriles is 1. The zero-order chi connectivity index (χ0) is 18.1. The van der Waals surface area contributed by atoms with E-state index in [1.807, 2.05) is 6.07 Å². The van der Waals surface area contributed by atoms with Crippen LogP contribution in [0.2, 0.25) is 0 Å². The van der Waals surface area contributed by atoms with Gasteiger partial charge in [0.15, 0.2) is 0 Å². The fourth-order valence-electron chi connectivity index (χ4n) is 3.83. The Bertz CT molecular complexity index is 684. The molecule has 0 heterocycles. The highest BCUT2D eigenvalue weighted by Gasteiger charge is 2.48. The van der Waals surface area contributed by atoms with Gasteiger partial charge in [-0.05, 0) is 48.8 Å². The molecule has 2 N–H and O–H groups in total. The number of halogens is 3. The third-order valence-corrected chi connectivity index (χ3v) is 5.33. The highest BCUT2D eigenvalue weighted by Crippen LogP contribution is 2.55. The van der Waals surface area contributed by atoms with E-state index < -0.39 is 23.8 Å². The maximum absolute atomic E-state index is 12.9. The monoisotopic (exact) mass is 351 g/mol. The van der Waals surface area contributed by atoms with Gasteiger partial charge in [0.2, 0.25) is 0 Å². The van der Waals surface area contributed by atoms with Gasteiger partial charge in [-0.3, -0.25) is 0 Å². The van der Waals surface area contributed by atoms with E-state index in [0.717, 1.165) is 25.0 Å². The molecule has 2 amide bonds. The van der Waals surface area contributed by atoms with Crippen molar-refractivity contribution in [3.8, 4) is 6.07 Å². The van der Waals surface area contributed by atoms with Gasteiger partial charge < -0.3 is 10.6 Å². The molecular formula is C18H20F3N3O. The van der Waals surface area contributed by atoms with E-state index in [1.165, 1.54) is 31.4 Å². The molecule has 25 heavy (non-hydrogen) atoms. The van der Waals surface area contributed by atoms with Crippen molar-refractivity contribution in [2.24, 2.45) is 5.41 Å². The quantitative estimate of drug-likeness (QED) is 0.850. The van der Waals surface area contributed by atoms with Crippen LogP contribution in [0.3, 0.4) is 0 Å². The topological polar surface area (TPSA) is 64.9 Å². The van der Waals surface area contributed by atoms with E-state index in [9.17, 15) is 18.0 Å². The molecule has 0 aromatic heterocycles. The van der Waals surface area contributed by atoms with Crippen molar-refractivity contribution in [3.63, 3.8) is 0 Å². The van der Waals surface area contributed by atoms with Crippen molar-refractivity contribution < 1.29 is 18.0 Å². The molecule has 2 aliphatic carbocycles. The van der Waals surface area contributed by atoms with Gasteiger partial charge >= 0.3 is 12.2 Å². The van der Waals surface area contributed by atoms with Crippen LogP contribution in [0.15, 0.2) is 24.3 Å². The molecular weight excluding hydrogens is 331 g/mol. The maximum Gasteiger partial charge on any atom is 0.416 e. The Morgan fingerprint density at radius 2 is 2.08 bits per heavy atom. The number of hydrogen-bond acceptors (Lipinski definition) is 2. The van der Waals surface area contributed by atoms with Crippen LogP contribution >= 0.6 is 0 Å². The van der Waals surface area contributed by atoms with Gasteiger partial charge in [0, 0.05) is 6.04 Å². The van der Waals surface area contributed by atoms with Crippen LogP contribution in [0.25, 0.3) is 0 Å². The number of hydrogen-bond donors (Lipinski definition) is 2. The van der Waals surface area contributed by atoms with E-state index in [0.29, 0.717) is 5.41 Å². The summed E-state index contributed by atoms with van der Waals surface area (Å²) in [5.74, 6) is 0. The van der Waals surface area contributed by atoms with Crippen LogP contribution in [-0.2, 0) is 6.18 Å². The van der Waals surface area contributed by atoms with Crippen LogP contribution in [0.5, 0.6) is 0 Å². The molecule has 0 bridgehead atoms. The molecule has 0 aliphatic heterocycles. The van der Waals surface area contributed by atoms with Gasteiger partial charge in [0.05, 0.1) is 24.1 Å². The van der Waals surface area contributed by atoms with Gasteiger partial charge in [-0.1, -0.05) is 18.6 Å². The summed E-state index contributed by atoms with van der Waals surface area (Å²) in [7, 11) is 0.